The Balaban J connectivity index is 5.84. The molecule has 0 aliphatic rings. The van der Waals surface area contributed by atoms with Crippen LogP contribution in [0.15, 0.2) is 0 Å². The van der Waals surface area contributed by atoms with Gasteiger partial charge in [-0.05, 0) is 67.0 Å². The predicted molar refractivity (Wildman–Crippen MR) is 108 cm³/mol. The number of nitrogens with two attached hydrogens (primary N) is 2. The molecule has 0 rings (SSSR count). The van der Waals surface area contributed by atoms with Gasteiger partial charge in [0.2, 0.25) is 0 Å². The van der Waals surface area contributed by atoms with Gasteiger partial charge in [0, 0.05) is 39.1 Å². The topological polar surface area (TPSA) is 107 Å². The summed E-state index contributed by atoms with van der Waals surface area (Å²) in [6.45, 7) is 12.9. The SMILES string of the molecule is CCOC(OCC)(OCC)C(CCCN)O[Si](CCCN)(OCC)OCC. The summed E-state index contributed by atoms with van der Waals surface area (Å²) in [6, 6.07) is 0.630. The van der Waals surface area contributed by atoms with E-state index in [4.69, 9.17) is 39.0 Å². The van der Waals surface area contributed by atoms with E-state index >= 15 is 0 Å². The molecule has 0 amide bonds. The maximum atomic E-state index is 6.55. The number of rotatable bonds is 19. The molecule has 1 unspecified atom stereocenters. The van der Waals surface area contributed by atoms with Crippen molar-refractivity contribution in [3.8, 4) is 0 Å². The second-order valence-corrected chi connectivity index (χ2v) is 8.56. The Labute approximate surface area is 166 Å². The van der Waals surface area contributed by atoms with Crippen LogP contribution in [-0.2, 0) is 27.5 Å². The summed E-state index contributed by atoms with van der Waals surface area (Å²) < 4.78 is 36.5. The zero-order chi connectivity index (χ0) is 20.6. The van der Waals surface area contributed by atoms with Gasteiger partial charge in [-0.3, -0.25) is 0 Å². The zero-order valence-corrected chi connectivity index (χ0v) is 19.0. The molecule has 27 heavy (non-hydrogen) atoms. The molecule has 8 nitrogen and oxygen atoms in total. The zero-order valence-electron chi connectivity index (χ0n) is 18.0. The van der Waals surface area contributed by atoms with Crippen LogP contribution in [0.3, 0.4) is 0 Å². The Bertz CT molecular complexity index is 329. The van der Waals surface area contributed by atoms with Crippen LogP contribution in [-0.4, -0.2) is 67.0 Å². The molecule has 9 heteroatoms. The van der Waals surface area contributed by atoms with Gasteiger partial charge in [-0.25, -0.2) is 0 Å². The van der Waals surface area contributed by atoms with E-state index in [2.05, 4.69) is 0 Å². The van der Waals surface area contributed by atoms with Crippen molar-refractivity contribution in [2.75, 3.05) is 46.1 Å². The van der Waals surface area contributed by atoms with Crippen LogP contribution < -0.4 is 11.5 Å². The average Bonchev–Trinajstić information content (AvgIpc) is 2.64. The van der Waals surface area contributed by atoms with Crippen LogP contribution in [0.2, 0.25) is 6.04 Å². The minimum absolute atomic E-state index is 0.420. The molecule has 0 fully saturated rings. The molecule has 0 bridgehead atoms. The van der Waals surface area contributed by atoms with Crippen LogP contribution in [0.4, 0.5) is 0 Å². The van der Waals surface area contributed by atoms with Gasteiger partial charge in [-0.15, -0.1) is 0 Å². The maximum Gasteiger partial charge on any atom is 0.501 e. The molecule has 0 saturated heterocycles. The Morgan fingerprint density at radius 3 is 1.59 bits per heavy atom. The van der Waals surface area contributed by atoms with Crippen molar-refractivity contribution in [3.05, 3.63) is 0 Å². The Kier molecular flexibility index (Phi) is 15.7. The van der Waals surface area contributed by atoms with Gasteiger partial charge in [-0.1, -0.05) is 0 Å². The quantitative estimate of drug-likeness (QED) is 0.247. The van der Waals surface area contributed by atoms with Gasteiger partial charge in [0.05, 0.1) is 0 Å². The third-order valence-corrected chi connectivity index (χ3v) is 6.91. The Morgan fingerprint density at radius 2 is 1.22 bits per heavy atom. The fourth-order valence-electron chi connectivity index (χ4n) is 2.91. The summed E-state index contributed by atoms with van der Waals surface area (Å²) in [5, 5.41) is 0. The van der Waals surface area contributed by atoms with Crippen molar-refractivity contribution in [2.24, 2.45) is 11.5 Å². The van der Waals surface area contributed by atoms with Gasteiger partial charge in [0.15, 0.2) is 0 Å². The average molecular weight is 411 g/mol. The maximum absolute atomic E-state index is 6.55. The summed E-state index contributed by atoms with van der Waals surface area (Å²) in [5.74, 6) is -1.32. The lowest BCUT2D eigenvalue weighted by atomic mass is 10.1. The minimum Gasteiger partial charge on any atom is -0.374 e. The molecule has 0 saturated carbocycles. The van der Waals surface area contributed by atoms with E-state index in [-0.39, 0.29) is 0 Å². The molecular weight excluding hydrogens is 368 g/mol. The first-order chi connectivity index (χ1) is 13.0. The summed E-state index contributed by atoms with van der Waals surface area (Å²) in [6.07, 6.45) is 1.57. The molecule has 1 atom stereocenters. The molecule has 0 heterocycles. The highest BCUT2D eigenvalue weighted by atomic mass is 28.4. The standard InChI is InChI=1S/C18H42N2O6Si/c1-6-21-18(22-7-2,23-8-3)17(13-11-14-19)26-27(24-9-4,25-10-5)16-12-15-20/h17H,6-16,19-20H2,1-5H3. The van der Waals surface area contributed by atoms with Gasteiger partial charge >= 0.3 is 14.8 Å². The van der Waals surface area contributed by atoms with Gasteiger partial charge in [0.1, 0.15) is 6.10 Å². The fourth-order valence-corrected chi connectivity index (χ4v) is 5.75. The van der Waals surface area contributed by atoms with Crippen molar-refractivity contribution in [1.29, 1.82) is 0 Å². The fraction of sp³-hybridized carbons (Fsp3) is 1.00. The number of hydrogen-bond donors (Lipinski definition) is 2. The first-order valence-corrected chi connectivity index (χ1v) is 12.2. The summed E-state index contributed by atoms with van der Waals surface area (Å²) in [5.41, 5.74) is 11.5. The largest absolute Gasteiger partial charge is 0.501 e. The van der Waals surface area contributed by atoms with E-state index in [1.54, 1.807) is 0 Å². The first kappa shape index (κ1) is 26.9. The lowest BCUT2D eigenvalue weighted by Gasteiger charge is -2.42. The highest BCUT2D eigenvalue weighted by Gasteiger charge is 2.51. The van der Waals surface area contributed by atoms with Crippen molar-refractivity contribution in [2.45, 2.75) is 72.0 Å². The summed E-state index contributed by atoms with van der Waals surface area (Å²) in [4.78, 5) is 0. The van der Waals surface area contributed by atoms with Gasteiger partial charge in [-0.2, -0.15) is 0 Å². The second-order valence-electron chi connectivity index (χ2n) is 5.88. The summed E-state index contributed by atoms with van der Waals surface area (Å²) >= 11 is 0. The Morgan fingerprint density at radius 1 is 0.741 bits per heavy atom. The van der Waals surface area contributed by atoms with E-state index in [1.807, 2.05) is 34.6 Å². The van der Waals surface area contributed by atoms with Gasteiger partial charge < -0.3 is 39.0 Å². The molecule has 0 spiro atoms. The van der Waals surface area contributed by atoms with E-state index in [0.717, 1.165) is 12.8 Å². The molecular formula is C18H42N2O6Si. The van der Waals surface area contributed by atoms with E-state index in [0.29, 0.717) is 58.6 Å². The lowest BCUT2D eigenvalue weighted by molar-refractivity contribution is -0.410. The normalized spacial score (nSPS) is 13.9. The van der Waals surface area contributed by atoms with E-state index < -0.39 is 20.9 Å². The van der Waals surface area contributed by atoms with Crippen molar-refractivity contribution >= 4 is 8.80 Å². The minimum atomic E-state index is -2.99. The molecule has 0 aliphatic carbocycles. The molecule has 0 aromatic heterocycles. The first-order valence-electron chi connectivity index (χ1n) is 10.3. The second kappa shape index (κ2) is 15.8. The third kappa shape index (κ3) is 9.29. The van der Waals surface area contributed by atoms with Crippen LogP contribution >= 0.6 is 0 Å². The third-order valence-electron chi connectivity index (χ3n) is 3.84. The highest BCUT2D eigenvalue weighted by molar-refractivity contribution is 6.60. The van der Waals surface area contributed by atoms with Gasteiger partial charge in [0.25, 0.3) is 0 Å². The lowest BCUT2D eigenvalue weighted by Crippen LogP contribution is -2.58. The monoisotopic (exact) mass is 410 g/mol. The van der Waals surface area contributed by atoms with E-state index in [9.17, 15) is 0 Å². The molecule has 0 radical (unpaired) electrons. The summed E-state index contributed by atoms with van der Waals surface area (Å²) in [7, 11) is -2.99. The predicted octanol–water partition coefficient (Wildman–Crippen LogP) is 2.23. The smallest absolute Gasteiger partial charge is 0.374 e. The van der Waals surface area contributed by atoms with Crippen LogP contribution in [0.5, 0.6) is 0 Å². The van der Waals surface area contributed by atoms with Crippen LogP contribution in [0.25, 0.3) is 0 Å². The number of ether oxygens (including phenoxy) is 3. The Hall–Kier alpha value is -0.103. The van der Waals surface area contributed by atoms with Crippen molar-refractivity contribution < 1.29 is 27.5 Å². The van der Waals surface area contributed by atoms with Crippen molar-refractivity contribution in [1.82, 2.24) is 0 Å². The molecule has 164 valence electrons. The van der Waals surface area contributed by atoms with E-state index in [1.165, 1.54) is 0 Å². The molecule has 4 N–H and O–H groups in total. The molecule has 0 aliphatic heterocycles. The van der Waals surface area contributed by atoms with Crippen molar-refractivity contribution in [3.63, 3.8) is 0 Å². The van der Waals surface area contributed by atoms with Crippen LogP contribution in [0.1, 0.15) is 53.9 Å². The highest BCUT2D eigenvalue weighted by Crippen LogP contribution is 2.31. The number of hydrogen-bond acceptors (Lipinski definition) is 8. The molecule has 0 aromatic rings. The molecule has 0 aromatic carbocycles. The van der Waals surface area contributed by atoms with Crippen LogP contribution in [0, 0.1) is 0 Å².